The average molecular weight is 365 g/mol. The number of hydrogen-bond donors (Lipinski definition) is 2. The fraction of sp³-hybridized carbons (Fsp3) is 0.682. The van der Waals surface area contributed by atoms with Gasteiger partial charge in [0.25, 0.3) is 0 Å². The predicted octanol–water partition coefficient (Wildman–Crippen LogP) is 4.42. The third-order valence-corrected chi connectivity index (χ3v) is 4.59. The fourth-order valence-electron chi connectivity index (χ4n) is 2.97. The molecule has 0 spiro atoms. The zero-order chi connectivity index (χ0) is 18.9. The summed E-state index contributed by atoms with van der Waals surface area (Å²) in [5, 5.41) is 17.7. The van der Waals surface area contributed by atoms with Gasteiger partial charge >= 0.3 is 5.97 Å². The van der Waals surface area contributed by atoms with E-state index in [9.17, 15) is 4.79 Å². The molecule has 0 bridgehead atoms. The number of unbranched alkanes of at least 4 members (excludes halogenated alkanes) is 9. The number of ether oxygens (including phenoxy) is 1. The van der Waals surface area contributed by atoms with Crippen molar-refractivity contribution >= 4 is 5.97 Å². The Hall–Kier alpha value is -1.39. The van der Waals surface area contributed by atoms with Crippen LogP contribution in [0.15, 0.2) is 30.3 Å². The number of rotatable bonds is 16. The fourth-order valence-corrected chi connectivity index (χ4v) is 2.97. The standard InChI is InChI=1S/C22H36O4/c23-18-21(24)19-26-22(25)17-13-8-6-4-2-1-3-5-7-10-14-20-15-11-9-12-16-20/h9,11-12,15-16,21,23-24H,1-8,10,13-14,17-19H2. The van der Waals surface area contributed by atoms with Crippen molar-refractivity contribution in [2.45, 2.75) is 83.2 Å². The molecule has 0 saturated carbocycles. The Labute approximate surface area is 158 Å². The summed E-state index contributed by atoms with van der Waals surface area (Å²) in [6.45, 7) is -0.485. The van der Waals surface area contributed by atoms with Crippen LogP contribution in [0.1, 0.15) is 76.2 Å². The first-order chi connectivity index (χ1) is 12.7. The summed E-state index contributed by atoms with van der Waals surface area (Å²) in [5.74, 6) is -0.284. The van der Waals surface area contributed by atoms with Crippen LogP contribution in [0.5, 0.6) is 0 Å². The minimum atomic E-state index is -0.961. The lowest BCUT2D eigenvalue weighted by atomic mass is 10.0. The first-order valence-electron chi connectivity index (χ1n) is 10.2. The third-order valence-electron chi connectivity index (χ3n) is 4.59. The highest BCUT2D eigenvalue weighted by Gasteiger charge is 2.07. The van der Waals surface area contributed by atoms with Crippen LogP contribution < -0.4 is 0 Å². The van der Waals surface area contributed by atoms with Crippen molar-refractivity contribution in [3.63, 3.8) is 0 Å². The molecule has 0 amide bonds. The van der Waals surface area contributed by atoms with Gasteiger partial charge in [-0.05, 0) is 24.8 Å². The minimum absolute atomic E-state index is 0.110. The minimum Gasteiger partial charge on any atom is -0.463 e. The van der Waals surface area contributed by atoms with E-state index >= 15 is 0 Å². The highest BCUT2D eigenvalue weighted by Crippen LogP contribution is 2.13. The summed E-state index contributed by atoms with van der Waals surface area (Å²) in [6, 6.07) is 10.7. The van der Waals surface area contributed by atoms with Gasteiger partial charge in [0.2, 0.25) is 0 Å². The van der Waals surface area contributed by atoms with Crippen molar-refractivity contribution < 1.29 is 19.7 Å². The summed E-state index contributed by atoms with van der Waals surface area (Å²) < 4.78 is 4.87. The second-order valence-corrected chi connectivity index (χ2v) is 7.04. The summed E-state index contributed by atoms with van der Waals surface area (Å²) in [4.78, 5) is 11.4. The Kier molecular flexibility index (Phi) is 13.8. The Morgan fingerprint density at radius 1 is 0.846 bits per heavy atom. The molecule has 4 nitrogen and oxygen atoms in total. The first-order valence-corrected chi connectivity index (χ1v) is 10.2. The molecule has 1 unspecified atom stereocenters. The van der Waals surface area contributed by atoms with E-state index in [2.05, 4.69) is 30.3 Å². The van der Waals surface area contributed by atoms with E-state index in [4.69, 9.17) is 14.9 Å². The summed E-state index contributed by atoms with van der Waals surface area (Å²) in [7, 11) is 0. The molecular formula is C22H36O4. The first kappa shape index (κ1) is 22.7. The molecule has 0 aliphatic rings. The van der Waals surface area contributed by atoms with Gasteiger partial charge in [-0.15, -0.1) is 0 Å². The van der Waals surface area contributed by atoms with Crippen LogP contribution in [0.2, 0.25) is 0 Å². The van der Waals surface area contributed by atoms with E-state index < -0.39 is 6.10 Å². The van der Waals surface area contributed by atoms with Gasteiger partial charge < -0.3 is 14.9 Å². The molecule has 1 aromatic rings. The van der Waals surface area contributed by atoms with Gasteiger partial charge in [-0.3, -0.25) is 4.79 Å². The van der Waals surface area contributed by atoms with E-state index in [0.29, 0.717) is 6.42 Å². The summed E-state index contributed by atoms with van der Waals surface area (Å²) in [6.07, 6.45) is 12.8. The molecule has 0 aromatic heterocycles. The molecular weight excluding hydrogens is 328 g/mol. The van der Waals surface area contributed by atoms with Crippen LogP contribution in [-0.2, 0) is 16.0 Å². The molecule has 0 radical (unpaired) electrons. The van der Waals surface area contributed by atoms with Gasteiger partial charge in [-0.25, -0.2) is 0 Å². The normalized spacial score (nSPS) is 12.1. The lowest BCUT2D eigenvalue weighted by Crippen LogP contribution is -2.21. The third kappa shape index (κ3) is 12.9. The molecule has 0 aliphatic heterocycles. The molecule has 1 aromatic carbocycles. The Balaban J connectivity index is 1.78. The molecule has 0 fully saturated rings. The number of aryl methyl sites for hydroxylation is 1. The second kappa shape index (κ2) is 15.8. The lowest BCUT2D eigenvalue weighted by Gasteiger charge is -2.08. The zero-order valence-corrected chi connectivity index (χ0v) is 16.1. The quantitative estimate of drug-likeness (QED) is 0.337. The van der Waals surface area contributed by atoms with Crippen molar-refractivity contribution in [2.75, 3.05) is 13.2 Å². The highest BCUT2D eigenvalue weighted by atomic mass is 16.5. The van der Waals surface area contributed by atoms with Gasteiger partial charge in [-0.1, -0.05) is 81.7 Å². The number of benzene rings is 1. The van der Waals surface area contributed by atoms with Gasteiger partial charge in [0, 0.05) is 6.42 Å². The van der Waals surface area contributed by atoms with E-state index in [1.54, 1.807) is 0 Å². The number of carbonyl (C=O) groups is 1. The van der Waals surface area contributed by atoms with Crippen LogP contribution in [0, 0.1) is 0 Å². The van der Waals surface area contributed by atoms with Crippen LogP contribution in [-0.4, -0.2) is 35.5 Å². The maximum absolute atomic E-state index is 11.4. The summed E-state index contributed by atoms with van der Waals surface area (Å²) in [5.41, 5.74) is 1.45. The van der Waals surface area contributed by atoms with Gasteiger partial charge in [-0.2, -0.15) is 0 Å². The van der Waals surface area contributed by atoms with Crippen molar-refractivity contribution in [1.29, 1.82) is 0 Å². The second-order valence-electron chi connectivity index (χ2n) is 7.04. The maximum Gasteiger partial charge on any atom is 0.305 e. The molecule has 4 heteroatoms. The van der Waals surface area contributed by atoms with E-state index in [1.165, 1.54) is 63.4 Å². The number of aliphatic hydroxyl groups is 2. The van der Waals surface area contributed by atoms with Crippen LogP contribution in [0.25, 0.3) is 0 Å². The van der Waals surface area contributed by atoms with Gasteiger partial charge in [0.1, 0.15) is 12.7 Å². The maximum atomic E-state index is 11.4. The van der Waals surface area contributed by atoms with Crippen molar-refractivity contribution in [3.05, 3.63) is 35.9 Å². The molecule has 26 heavy (non-hydrogen) atoms. The molecule has 0 aliphatic carbocycles. The van der Waals surface area contributed by atoms with Crippen LogP contribution in [0.3, 0.4) is 0 Å². The Morgan fingerprint density at radius 2 is 1.38 bits per heavy atom. The van der Waals surface area contributed by atoms with E-state index in [1.807, 2.05) is 0 Å². The lowest BCUT2D eigenvalue weighted by molar-refractivity contribution is -0.147. The largest absolute Gasteiger partial charge is 0.463 e. The van der Waals surface area contributed by atoms with Gasteiger partial charge in [0.05, 0.1) is 6.61 Å². The topological polar surface area (TPSA) is 66.8 Å². The van der Waals surface area contributed by atoms with E-state index in [-0.39, 0.29) is 19.2 Å². The molecule has 1 rings (SSSR count). The van der Waals surface area contributed by atoms with Crippen LogP contribution in [0.4, 0.5) is 0 Å². The van der Waals surface area contributed by atoms with E-state index in [0.717, 1.165) is 12.8 Å². The Bertz CT molecular complexity index is 447. The predicted molar refractivity (Wildman–Crippen MR) is 105 cm³/mol. The number of carbonyl (C=O) groups excluding carboxylic acids is 1. The molecule has 2 N–H and O–H groups in total. The molecule has 1 atom stereocenters. The average Bonchev–Trinajstić information content (AvgIpc) is 2.67. The molecule has 0 saturated heterocycles. The molecule has 148 valence electrons. The number of esters is 1. The molecule has 0 heterocycles. The number of hydrogen-bond acceptors (Lipinski definition) is 4. The highest BCUT2D eigenvalue weighted by molar-refractivity contribution is 5.69. The smallest absolute Gasteiger partial charge is 0.305 e. The summed E-state index contributed by atoms with van der Waals surface area (Å²) >= 11 is 0. The SMILES string of the molecule is O=C(CCCCCCCCCCCCc1ccccc1)OCC(O)CO. The number of aliphatic hydroxyl groups excluding tert-OH is 2. The van der Waals surface area contributed by atoms with Crippen molar-refractivity contribution in [1.82, 2.24) is 0 Å². The van der Waals surface area contributed by atoms with Crippen molar-refractivity contribution in [2.24, 2.45) is 0 Å². The Morgan fingerprint density at radius 3 is 1.96 bits per heavy atom. The monoisotopic (exact) mass is 364 g/mol. The van der Waals surface area contributed by atoms with Crippen LogP contribution >= 0.6 is 0 Å². The van der Waals surface area contributed by atoms with Crippen molar-refractivity contribution in [3.8, 4) is 0 Å². The van der Waals surface area contributed by atoms with Gasteiger partial charge in [0.15, 0.2) is 0 Å². The zero-order valence-electron chi connectivity index (χ0n) is 16.1.